The molecule has 2 rings (SSSR count). The predicted molar refractivity (Wildman–Crippen MR) is 38.6 cm³/mol. The lowest BCUT2D eigenvalue weighted by atomic mass is 9.99. The molecule has 0 aromatic rings. The Kier molecular flexibility index (Phi) is 2.06. The summed E-state index contributed by atoms with van der Waals surface area (Å²) in [5, 5.41) is 28.2. The highest BCUT2D eigenvalue weighted by molar-refractivity contribution is 5.00. The molecule has 0 aromatic carbocycles. The van der Waals surface area contributed by atoms with E-state index in [4.69, 9.17) is 14.2 Å². The molecule has 13 heavy (non-hydrogen) atoms. The number of hydrogen-bond acceptors (Lipinski definition) is 6. The van der Waals surface area contributed by atoms with E-state index in [2.05, 4.69) is 0 Å². The Morgan fingerprint density at radius 1 is 1.31 bits per heavy atom. The summed E-state index contributed by atoms with van der Waals surface area (Å²) in [7, 11) is 1.34. The standard InChI is InChI=1S/C7H12O6/c1-11-6-4(9)3(8)5(10)7(13-6)2-12-7/h3-6,8-10H,2H2,1H3. The van der Waals surface area contributed by atoms with Crippen molar-refractivity contribution in [1.82, 2.24) is 0 Å². The maximum Gasteiger partial charge on any atom is 0.224 e. The zero-order valence-electron chi connectivity index (χ0n) is 7.08. The summed E-state index contributed by atoms with van der Waals surface area (Å²) in [6.45, 7) is 0.206. The molecule has 0 radical (unpaired) electrons. The number of epoxide rings is 1. The Hall–Kier alpha value is -0.240. The van der Waals surface area contributed by atoms with Crippen LogP contribution < -0.4 is 0 Å². The predicted octanol–water partition coefficient (Wildman–Crippen LogP) is -2.20. The number of hydrogen-bond donors (Lipinski definition) is 3. The molecule has 5 atom stereocenters. The van der Waals surface area contributed by atoms with Crippen LogP contribution in [0.4, 0.5) is 0 Å². The molecule has 5 unspecified atom stereocenters. The van der Waals surface area contributed by atoms with Crippen molar-refractivity contribution < 1.29 is 29.5 Å². The minimum atomic E-state index is -1.30. The zero-order chi connectivity index (χ0) is 9.64. The summed E-state index contributed by atoms with van der Waals surface area (Å²) in [5.41, 5.74) is 0. The van der Waals surface area contributed by atoms with Crippen molar-refractivity contribution in [2.45, 2.75) is 30.4 Å². The van der Waals surface area contributed by atoms with E-state index in [1.807, 2.05) is 0 Å². The minimum absolute atomic E-state index is 0.206. The van der Waals surface area contributed by atoms with Gasteiger partial charge < -0.3 is 29.5 Å². The van der Waals surface area contributed by atoms with E-state index in [0.717, 1.165) is 0 Å². The summed E-state index contributed by atoms with van der Waals surface area (Å²) >= 11 is 0. The van der Waals surface area contributed by atoms with Gasteiger partial charge in [0.25, 0.3) is 0 Å². The molecule has 3 N–H and O–H groups in total. The molecule has 2 saturated heterocycles. The van der Waals surface area contributed by atoms with Crippen molar-refractivity contribution in [2.24, 2.45) is 0 Å². The fourth-order valence-corrected chi connectivity index (χ4v) is 1.44. The monoisotopic (exact) mass is 192 g/mol. The van der Waals surface area contributed by atoms with Crippen molar-refractivity contribution in [2.75, 3.05) is 13.7 Å². The lowest BCUT2D eigenvalue weighted by Crippen LogP contribution is -2.59. The largest absolute Gasteiger partial charge is 0.387 e. The van der Waals surface area contributed by atoms with Crippen molar-refractivity contribution in [3.63, 3.8) is 0 Å². The molecule has 0 bridgehead atoms. The van der Waals surface area contributed by atoms with Gasteiger partial charge in [0.1, 0.15) is 24.9 Å². The number of ether oxygens (including phenoxy) is 3. The van der Waals surface area contributed by atoms with Gasteiger partial charge in [-0.05, 0) is 0 Å². The van der Waals surface area contributed by atoms with E-state index >= 15 is 0 Å². The van der Waals surface area contributed by atoms with E-state index in [9.17, 15) is 15.3 Å². The molecule has 2 heterocycles. The van der Waals surface area contributed by atoms with Crippen LogP contribution in [0.25, 0.3) is 0 Å². The maximum atomic E-state index is 9.44. The molecule has 76 valence electrons. The Morgan fingerprint density at radius 3 is 2.38 bits per heavy atom. The lowest BCUT2D eigenvalue weighted by Gasteiger charge is -2.38. The molecule has 0 amide bonds. The Morgan fingerprint density at radius 2 is 1.92 bits per heavy atom. The fourth-order valence-electron chi connectivity index (χ4n) is 1.44. The van der Waals surface area contributed by atoms with Crippen LogP contribution in [0, 0.1) is 0 Å². The first-order chi connectivity index (χ1) is 6.10. The molecule has 0 saturated carbocycles. The van der Waals surface area contributed by atoms with E-state index in [1.165, 1.54) is 7.11 Å². The molecular weight excluding hydrogens is 180 g/mol. The van der Waals surface area contributed by atoms with Crippen molar-refractivity contribution >= 4 is 0 Å². The van der Waals surface area contributed by atoms with Gasteiger partial charge >= 0.3 is 0 Å². The average Bonchev–Trinajstić information content (AvgIpc) is 2.90. The van der Waals surface area contributed by atoms with Crippen LogP contribution in [0.1, 0.15) is 0 Å². The number of rotatable bonds is 1. The third kappa shape index (κ3) is 1.26. The molecule has 2 aliphatic heterocycles. The van der Waals surface area contributed by atoms with Crippen LogP contribution in [0.15, 0.2) is 0 Å². The lowest BCUT2D eigenvalue weighted by molar-refractivity contribution is -0.321. The van der Waals surface area contributed by atoms with Crippen LogP contribution >= 0.6 is 0 Å². The SMILES string of the molecule is COC1OC2(CO2)C(O)C(O)C1O. The maximum absolute atomic E-state index is 9.44. The van der Waals surface area contributed by atoms with E-state index < -0.39 is 30.4 Å². The first-order valence-corrected chi connectivity index (χ1v) is 3.99. The van der Waals surface area contributed by atoms with Crippen molar-refractivity contribution in [3.8, 4) is 0 Å². The summed E-state index contributed by atoms with van der Waals surface area (Å²) in [6, 6.07) is 0. The second-order valence-corrected chi connectivity index (χ2v) is 3.25. The Labute approximate surface area is 74.6 Å². The normalized spacial score (nSPS) is 55.4. The third-order valence-electron chi connectivity index (χ3n) is 2.38. The van der Waals surface area contributed by atoms with Gasteiger partial charge in [-0.3, -0.25) is 0 Å². The van der Waals surface area contributed by atoms with Gasteiger partial charge in [0.15, 0.2) is 6.29 Å². The summed E-state index contributed by atoms with van der Waals surface area (Å²) in [6.07, 6.45) is -4.74. The molecule has 2 fully saturated rings. The number of aliphatic hydroxyl groups excluding tert-OH is 3. The van der Waals surface area contributed by atoms with Gasteiger partial charge in [0, 0.05) is 7.11 Å². The molecule has 6 nitrogen and oxygen atoms in total. The molecule has 1 spiro atoms. The average molecular weight is 192 g/mol. The Balaban J connectivity index is 2.13. The van der Waals surface area contributed by atoms with Gasteiger partial charge in [-0.1, -0.05) is 0 Å². The van der Waals surface area contributed by atoms with Gasteiger partial charge in [-0.15, -0.1) is 0 Å². The molecular formula is C7H12O6. The second kappa shape index (κ2) is 2.88. The summed E-state index contributed by atoms with van der Waals surface area (Å²) in [5.74, 6) is -1.17. The second-order valence-electron chi connectivity index (χ2n) is 3.25. The summed E-state index contributed by atoms with van der Waals surface area (Å²) in [4.78, 5) is 0. The van der Waals surface area contributed by atoms with Crippen LogP contribution in [0.5, 0.6) is 0 Å². The van der Waals surface area contributed by atoms with E-state index in [0.29, 0.717) is 0 Å². The van der Waals surface area contributed by atoms with Gasteiger partial charge in [0.05, 0.1) is 0 Å². The van der Waals surface area contributed by atoms with Crippen molar-refractivity contribution in [1.29, 1.82) is 0 Å². The van der Waals surface area contributed by atoms with Crippen LogP contribution in [-0.2, 0) is 14.2 Å². The highest BCUT2D eigenvalue weighted by Gasteiger charge is 2.62. The van der Waals surface area contributed by atoms with E-state index in [-0.39, 0.29) is 6.61 Å². The van der Waals surface area contributed by atoms with Gasteiger partial charge in [0.2, 0.25) is 5.79 Å². The zero-order valence-corrected chi connectivity index (χ0v) is 7.08. The van der Waals surface area contributed by atoms with Gasteiger partial charge in [-0.2, -0.15) is 0 Å². The highest BCUT2D eigenvalue weighted by Crippen LogP contribution is 2.40. The Bertz CT molecular complexity index is 201. The topological polar surface area (TPSA) is 91.7 Å². The third-order valence-corrected chi connectivity index (χ3v) is 2.38. The highest BCUT2D eigenvalue weighted by atomic mass is 16.8. The summed E-state index contributed by atoms with van der Waals surface area (Å²) < 4.78 is 14.8. The van der Waals surface area contributed by atoms with Crippen LogP contribution in [0.2, 0.25) is 0 Å². The first-order valence-electron chi connectivity index (χ1n) is 3.99. The molecule has 2 aliphatic rings. The molecule has 0 aromatic heterocycles. The quantitative estimate of drug-likeness (QED) is 0.408. The smallest absolute Gasteiger partial charge is 0.224 e. The van der Waals surface area contributed by atoms with Crippen LogP contribution in [-0.4, -0.2) is 59.4 Å². The number of aliphatic hydroxyl groups is 3. The molecule has 6 heteroatoms. The first kappa shape index (κ1) is 9.32. The van der Waals surface area contributed by atoms with Crippen LogP contribution in [0.3, 0.4) is 0 Å². The molecule has 0 aliphatic carbocycles. The number of methoxy groups -OCH3 is 1. The minimum Gasteiger partial charge on any atom is -0.387 e. The van der Waals surface area contributed by atoms with E-state index in [1.54, 1.807) is 0 Å². The fraction of sp³-hybridized carbons (Fsp3) is 1.00. The van der Waals surface area contributed by atoms with Gasteiger partial charge in [-0.25, -0.2) is 0 Å². The van der Waals surface area contributed by atoms with Crippen molar-refractivity contribution in [3.05, 3.63) is 0 Å².